The molecule has 0 saturated heterocycles. The van der Waals surface area contributed by atoms with Crippen LogP contribution in [-0.2, 0) is 19.1 Å². The van der Waals surface area contributed by atoms with Gasteiger partial charge in [0.1, 0.15) is 12.0 Å². The lowest BCUT2D eigenvalue weighted by atomic mass is 9.93. The van der Waals surface area contributed by atoms with Gasteiger partial charge in [0.05, 0.1) is 7.11 Å². The summed E-state index contributed by atoms with van der Waals surface area (Å²) in [5.74, 6) is -1.26. The summed E-state index contributed by atoms with van der Waals surface area (Å²) in [6.07, 6.45) is 2.44. The van der Waals surface area contributed by atoms with Crippen molar-refractivity contribution >= 4 is 11.8 Å². The molecule has 0 aliphatic rings. The first-order valence-corrected chi connectivity index (χ1v) is 6.35. The minimum absolute atomic E-state index is 0.144. The third-order valence-electron chi connectivity index (χ3n) is 2.73. The van der Waals surface area contributed by atoms with Gasteiger partial charge in [0.25, 0.3) is 0 Å². The van der Waals surface area contributed by atoms with Crippen LogP contribution in [0.5, 0.6) is 0 Å². The first-order valence-electron chi connectivity index (χ1n) is 6.35. The van der Waals surface area contributed by atoms with Gasteiger partial charge in [0.2, 0.25) is 0 Å². The first kappa shape index (κ1) is 16.1. The predicted molar refractivity (Wildman–Crippen MR) is 65.7 cm³/mol. The van der Waals surface area contributed by atoms with Crippen molar-refractivity contribution in [1.82, 2.24) is 0 Å². The van der Waals surface area contributed by atoms with Gasteiger partial charge < -0.3 is 9.47 Å². The van der Waals surface area contributed by atoms with E-state index in [1.807, 2.05) is 20.8 Å². The Bertz CT molecular complexity index is 238. The Morgan fingerprint density at radius 1 is 1.18 bits per heavy atom. The van der Waals surface area contributed by atoms with Crippen molar-refractivity contribution in [3.63, 3.8) is 0 Å². The Morgan fingerprint density at radius 3 is 2.24 bits per heavy atom. The highest BCUT2D eigenvalue weighted by molar-refractivity contribution is 6.01. The fraction of sp³-hybridized carbons (Fsp3) is 0.846. The summed E-state index contributed by atoms with van der Waals surface area (Å²) in [6.45, 7) is 6.23. The number of carbonyl (C=O) groups excluding carboxylic acids is 2. The molecule has 0 aromatic rings. The van der Waals surface area contributed by atoms with Crippen LogP contribution in [0.15, 0.2) is 0 Å². The smallest absolute Gasteiger partial charge is 0.316 e. The van der Waals surface area contributed by atoms with Gasteiger partial charge >= 0.3 is 5.97 Å². The number of carbonyl (C=O) groups is 2. The molecule has 17 heavy (non-hydrogen) atoms. The molecule has 0 amide bonds. The number of esters is 1. The molecule has 2 unspecified atom stereocenters. The van der Waals surface area contributed by atoms with Crippen LogP contribution in [0.1, 0.15) is 46.5 Å². The average Bonchev–Trinajstić information content (AvgIpc) is 2.35. The molecule has 0 radical (unpaired) electrons. The molecule has 4 nitrogen and oxygen atoms in total. The van der Waals surface area contributed by atoms with Crippen LogP contribution in [0.3, 0.4) is 0 Å². The van der Waals surface area contributed by atoms with Gasteiger partial charge in [0.15, 0.2) is 5.78 Å². The number of methoxy groups -OCH3 is 1. The zero-order valence-electron chi connectivity index (χ0n) is 11.3. The summed E-state index contributed by atoms with van der Waals surface area (Å²) in [7, 11) is 1.32. The maximum atomic E-state index is 12.1. The monoisotopic (exact) mass is 244 g/mol. The SMILES string of the molecule is CCCCC(C(=O)OC)C(=O)C(CC)OCC. The minimum Gasteiger partial charge on any atom is -0.468 e. The molecule has 0 bridgehead atoms. The van der Waals surface area contributed by atoms with Crippen molar-refractivity contribution in [2.75, 3.05) is 13.7 Å². The molecule has 0 aliphatic heterocycles. The van der Waals surface area contributed by atoms with Crippen molar-refractivity contribution in [2.45, 2.75) is 52.6 Å². The highest BCUT2D eigenvalue weighted by atomic mass is 16.5. The van der Waals surface area contributed by atoms with E-state index >= 15 is 0 Å². The van der Waals surface area contributed by atoms with Crippen LogP contribution in [0.2, 0.25) is 0 Å². The van der Waals surface area contributed by atoms with Crippen LogP contribution in [0.4, 0.5) is 0 Å². The number of ketones is 1. The van der Waals surface area contributed by atoms with E-state index in [1.165, 1.54) is 7.11 Å². The summed E-state index contributed by atoms with van der Waals surface area (Å²) in [5, 5.41) is 0. The number of Topliss-reactive ketones (excluding diaryl/α,β-unsaturated/α-hetero) is 1. The van der Waals surface area contributed by atoms with Gasteiger partial charge in [-0.3, -0.25) is 9.59 Å². The molecule has 0 aromatic heterocycles. The highest BCUT2D eigenvalue weighted by Gasteiger charge is 2.32. The van der Waals surface area contributed by atoms with E-state index in [4.69, 9.17) is 4.74 Å². The largest absolute Gasteiger partial charge is 0.468 e. The number of unbranched alkanes of at least 4 members (excludes halogenated alkanes) is 1. The zero-order valence-corrected chi connectivity index (χ0v) is 11.3. The fourth-order valence-electron chi connectivity index (χ4n) is 1.75. The number of hydrogen-bond donors (Lipinski definition) is 0. The predicted octanol–water partition coefficient (Wildman–Crippen LogP) is 2.35. The maximum absolute atomic E-state index is 12.1. The van der Waals surface area contributed by atoms with Gasteiger partial charge in [0, 0.05) is 6.61 Å². The summed E-state index contributed by atoms with van der Waals surface area (Å²) < 4.78 is 10.0. The molecular formula is C13H24O4. The second-order valence-electron chi connectivity index (χ2n) is 3.97. The molecule has 4 heteroatoms. The molecule has 2 atom stereocenters. The van der Waals surface area contributed by atoms with Crippen LogP contribution in [0.25, 0.3) is 0 Å². The summed E-state index contributed by atoms with van der Waals surface area (Å²) >= 11 is 0. The van der Waals surface area contributed by atoms with E-state index in [0.29, 0.717) is 19.4 Å². The molecule has 0 spiro atoms. The standard InChI is InChI=1S/C13H24O4/c1-5-8-9-10(13(15)16-4)12(14)11(6-2)17-7-3/h10-11H,5-9H2,1-4H3. The van der Waals surface area contributed by atoms with Gasteiger partial charge in [-0.25, -0.2) is 0 Å². The summed E-state index contributed by atoms with van der Waals surface area (Å²) in [6, 6.07) is 0. The molecule has 0 aliphatic carbocycles. The normalized spacial score (nSPS) is 14.1. The van der Waals surface area contributed by atoms with Crippen molar-refractivity contribution in [1.29, 1.82) is 0 Å². The van der Waals surface area contributed by atoms with Crippen molar-refractivity contribution in [3.05, 3.63) is 0 Å². The molecule has 0 rings (SSSR count). The average molecular weight is 244 g/mol. The van der Waals surface area contributed by atoms with Crippen LogP contribution in [-0.4, -0.2) is 31.6 Å². The lowest BCUT2D eigenvalue weighted by Crippen LogP contribution is -2.35. The lowest BCUT2D eigenvalue weighted by molar-refractivity contribution is -0.153. The summed E-state index contributed by atoms with van der Waals surface area (Å²) in [5.41, 5.74) is 0. The number of rotatable bonds is 9. The van der Waals surface area contributed by atoms with E-state index in [2.05, 4.69) is 4.74 Å². The Morgan fingerprint density at radius 2 is 1.82 bits per heavy atom. The zero-order chi connectivity index (χ0) is 13.3. The molecule has 0 aromatic carbocycles. The first-order chi connectivity index (χ1) is 8.12. The van der Waals surface area contributed by atoms with Crippen molar-refractivity contribution < 1.29 is 19.1 Å². The quantitative estimate of drug-likeness (QED) is 0.461. The van der Waals surface area contributed by atoms with E-state index in [0.717, 1.165) is 12.8 Å². The van der Waals surface area contributed by atoms with Gasteiger partial charge in [-0.05, 0) is 19.8 Å². The molecular weight excluding hydrogens is 220 g/mol. The van der Waals surface area contributed by atoms with Gasteiger partial charge in [-0.2, -0.15) is 0 Å². The molecule has 100 valence electrons. The molecule has 0 N–H and O–H groups in total. The Labute approximate surface area is 104 Å². The topological polar surface area (TPSA) is 52.6 Å². The Kier molecular flexibility index (Phi) is 8.68. The third-order valence-corrected chi connectivity index (χ3v) is 2.73. The van der Waals surface area contributed by atoms with Crippen molar-refractivity contribution in [3.8, 4) is 0 Å². The van der Waals surface area contributed by atoms with Crippen molar-refractivity contribution in [2.24, 2.45) is 5.92 Å². The third kappa shape index (κ3) is 5.31. The van der Waals surface area contributed by atoms with Crippen LogP contribution in [0, 0.1) is 5.92 Å². The Balaban J connectivity index is 4.64. The van der Waals surface area contributed by atoms with E-state index in [-0.39, 0.29) is 5.78 Å². The van der Waals surface area contributed by atoms with Crippen LogP contribution >= 0.6 is 0 Å². The van der Waals surface area contributed by atoms with Crippen LogP contribution < -0.4 is 0 Å². The second kappa shape index (κ2) is 9.16. The van der Waals surface area contributed by atoms with Gasteiger partial charge in [-0.15, -0.1) is 0 Å². The lowest BCUT2D eigenvalue weighted by Gasteiger charge is -2.19. The summed E-state index contributed by atoms with van der Waals surface area (Å²) in [4.78, 5) is 23.7. The number of ether oxygens (including phenoxy) is 2. The van der Waals surface area contributed by atoms with E-state index in [9.17, 15) is 9.59 Å². The maximum Gasteiger partial charge on any atom is 0.316 e. The van der Waals surface area contributed by atoms with E-state index in [1.54, 1.807) is 0 Å². The van der Waals surface area contributed by atoms with Gasteiger partial charge in [-0.1, -0.05) is 26.7 Å². The Hall–Kier alpha value is -0.900. The molecule has 0 saturated carbocycles. The molecule has 0 heterocycles. The fourth-order valence-corrected chi connectivity index (χ4v) is 1.75. The van der Waals surface area contributed by atoms with E-state index < -0.39 is 18.0 Å². The second-order valence-corrected chi connectivity index (χ2v) is 3.97. The molecule has 0 fully saturated rings. The minimum atomic E-state index is -0.670. The highest BCUT2D eigenvalue weighted by Crippen LogP contribution is 2.16. The number of hydrogen-bond acceptors (Lipinski definition) is 4.